The largest absolute Gasteiger partial charge is 0.269 e. The maximum absolute atomic E-state index is 12.5. The molecule has 0 N–H and O–H groups in total. The molecule has 0 aliphatic heterocycles. The molecule has 0 radical (unpaired) electrons. The average molecular weight is 437 g/mol. The van der Waals surface area contributed by atoms with Gasteiger partial charge in [0.05, 0.1) is 11.1 Å². The third-order valence-corrected chi connectivity index (χ3v) is 7.30. The van der Waals surface area contributed by atoms with E-state index in [0.717, 1.165) is 32.3 Å². The van der Waals surface area contributed by atoms with Gasteiger partial charge in [0.2, 0.25) is 0 Å². The second-order valence-electron chi connectivity index (χ2n) is 6.69. The molecular formula is C21H16N4OS3. The van der Waals surface area contributed by atoms with Gasteiger partial charge in [-0.1, -0.05) is 23.9 Å². The zero-order valence-corrected chi connectivity index (χ0v) is 18.2. The maximum Gasteiger partial charge on any atom is 0.258 e. The van der Waals surface area contributed by atoms with Crippen molar-refractivity contribution in [3.8, 4) is 10.4 Å². The van der Waals surface area contributed by atoms with Crippen molar-refractivity contribution in [1.29, 1.82) is 0 Å². The van der Waals surface area contributed by atoms with E-state index in [0.29, 0.717) is 11.4 Å². The zero-order valence-electron chi connectivity index (χ0n) is 15.7. The van der Waals surface area contributed by atoms with Crippen molar-refractivity contribution in [3.05, 3.63) is 74.7 Å². The molecule has 0 spiro atoms. The second kappa shape index (κ2) is 7.37. The van der Waals surface area contributed by atoms with Crippen LogP contribution in [-0.4, -0.2) is 19.4 Å². The van der Waals surface area contributed by atoms with Crippen LogP contribution in [0.2, 0.25) is 0 Å². The number of thiophene rings is 2. The third-order valence-electron chi connectivity index (χ3n) is 4.52. The highest BCUT2D eigenvalue weighted by molar-refractivity contribution is 7.98. The van der Waals surface area contributed by atoms with Gasteiger partial charge >= 0.3 is 0 Å². The smallest absolute Gasteiger partial charge is 0.258 e. The number of aromatic nitrogens is 4. The quantitative estimate of drug-likeness (QED) is 0.281. The van der Waals surface area contributed by atoms with Gasteiger partial charge in [-0.3, -0.25) is 9.20 Å². The lowest BCUT2D eigenvalue weighted by molar-refractivity contribution is 0.995. The van der Waals surface area contributed by atoms with Crippen LogP contribution in [0.1, 0.15) is 17.1 Å². The number of aryl methyl sites for hydroxylation is 2. The predicted octanol–water partition coefficient (Wildman–Crippen LogP) is 5.34. The molecule has 5 nitrogen and oxygen atoms in total. The van der Waals surface area contributed by atoms with Gasteiger partial charge in [-0.05, 0) is 36.9 Å². The molecule has 0 aromatic carbocycles. The molecule has 5 rings (SSSR count). The molecule has 0 aliphatic rings. The number of thioether (sulfide) groups is 1. The minimum Gasteiger partial charge on any atom is -0.269 e. The number of rotatable bonds is 4. The molecule has 0 saturated heterocycles. The molecule has 0 fully saturated rings. The van der Waals surface area contributed by atoms with Gasteiger partial charge < -0.3 is 0 Å². The summed E-state index contributed by atoms with van der Waals surface area (Å²) in [4.78, 5) is 28.7. The monoisotopic (exact) mass is 436 g/mol. The molecule has 0 unspecified atom stereocenters. The number of pyridine rings is 1. The van der Waals surface area contributed by atoms with Crippen LogP contribution in [-0.2, 0) is 5.75 Å². The molecule has 5 heterocycles. The van der Waals surface area contributed by atoms with E-state index in [1.165, 1.54) is 10.4 Å². The first-order chi connectivity index (χ1) is 14.1. The Labute approximate surface area is 179 Å². The Kier molecular flexibility index (Phi) is 4.69. The van der Waals surface area contributed by atoms with E-state index < -0.39 is 0 Å². The number of hydrogen-bond acceptors (Lipinski definition) is 7. The topological polar surface area (TPSA) is 60.2 Å². The van der Waals surface area contributed by atoms with Crippen molar-refractivity contribution < 1.29 is 0 Å². The van der Waals surface area contributed by atoms with Crippen LogP contribution < -0.4 is 5.56 Å². The highest BCUT2D eigenvalue weighted by atomic mass is 32.2. The van der Waals surface area contributed by atoms with Gasteiger partial charge in [-0.2, -0.15) is 0 Å². The second-order valence-corrected chi connectivity index (χ2v) is 9.46. The summed E-state index contributed by atoms with van der Waals surface area (Å²) in [6.07, 6.45) is 1.82. The van der Waals surface area contributed by atoms with Crippen LogP contribution >= 0.6 is 34.4 Å². The fourth-order valence-electron chi connectivity index (χ4n) is 3.20. The van der Waals surface area contributed by atoms with Crippen LogP contribution in [0.3, 0.4) is 0 Å². The zero-order chi connectivity index (χ0) is 20.0. The van der Waals surface area contributed by atoms with E-state index in [2.05, 4.69) is 32.9 Å². The third kappa shape index (κ3) is 3.48. The maximum atomic E-state index is 12.5. The van der Waals surface area contributed by atoms with Gasteiger partial charge in [-0.15, -0.1) is 22.7 Å². The van der Waals surface area contributed by atoms with E-state index in [-0.39, 0.29) is 5.56 Å². The summed E-state index contributed by atoms with van der Waals surface area (Å²) in [5.74, 6) is 1.33. The summed E-state index contributed by atoms with van der Waals surface area (Å²) in [5.41, 5.74) is 3.55. The Morgan fingerprint density at radius 3 is 2.83 bits per heavy atom. The lowest BCUT2D eigenvalue weighted by atomic mass is 10.2. The van der Waals surface area contributed by atoms with Gasteiger partial charge in [-0.25, -0.2) is 15.0 Å². The standard InChI is InChI=1S/C21H16N4OS3/c1-12-5-6-17-24-14(8-18(26)25(17)9-12)10-28-20-19-15(16-4-3-7-27-16)11-29-21(19)23-13(2)22-20/h3-9,11H,10H2,1-2H3. The molecule has 0 atom stereocenters. The minimum absolute atomic E-state index is 0.0619. The van der Waals surface area contributed by atoms with E-state index in [1.807, 2.05) is 32.2 Å². The molecule has 0 bridgehead atoms. The van der Waals surface area contributed by atoms with Crippen molar-refractivity contribution in [2.45, 2.75) is 24.6 Å². The fraction of sp³-hybridized carbons (Fsp3) is 0.143. The number of hydrogen-bond donors (Lipinski definition) is 0. The molecule has 5 aromatic heterocycles. The van der Waals surface area contributed by atoms with Crippen LogP contribution in [0.25, 0.3) is 26.3 Å². The summed E-state index contributed by atoms with van der Waals surface area (Å²) in [5, 5.41) is 6.25. The van der Waals surface area contributed by atoms with Crippen molar-refractivity contribution in [1.82, 2.24) is 19.4 Å². The molecule has 0 aliphatic carbocycles. The summed E-state index contributed by atoms with van der Waals surface area (Å²) >= 11 is 4.96. The Bertz CT molecular complexity index is 1400. The lowest BCUT2D eigenvalue weighted by Crippen LogP contribution is -2.15. The van der Waals surface area contributed by atoms with Crippen LogP contribution in [0.4, 0.5) is 0 Å². The Morgan fingerprint density at radius 1 is 1.10 bits per heavy atom. The van der Waals surface area contributed by atoms with E-state index in [4.69, 9.17) is 4.98 Å². The molecule has 0 amide bonds. The Balaban J connectivity index is 1.54. The highest BCUT2D eigenvalue weighted by Crippen LogP contribution is 2.40. The van der Waals surface area contributed by atoms with E-state index >= 15 is 0 Å². The van der Waals surface area contributed by atoms with Crippen LogP contribution in [0.5, 0.6) is 0 Å². The predicted molar refractivity (Wildman–Crippen MR) is 121 cm³/mol. The first-order valence-corrected chi connectivity index (χ1v) is 11.7. The Hall–Kier alpha value is -2.55. The Morgan fingerprint density at radius 2 is 2.00 bits per heavy atom. The van der Waals surface area contributed by atoms with Crippen LogP contribution in [0.15, 0.2) is 57.1 Å². The van der Waals surface area contributed by atoms with Crippen molar-refractivity contribution in [3.63, 3.8) is 0 Å². The van der Waals surface area contributed by atoms with Crippen molar-refractivity contribution in [2.24, 2.45) is 0 Å². The molecule has 5 aromatic rings. The minimum atomic E-state index is -0.0619. The highest BCUT2D eigenvalue weighted by Gasteiger charge is 2.16. The number of nitrogens with zero attached hydrogens (tertiary/aromatic N) is 4. The average Bonchev–Trinajstić information content (AvgIpc) is 3.36. The van der Waals surface area contributed by atoms with E-state index in [9.17, 15) is 4.79 Å². The van der Waals surface area contributed by atoms with Crippen molar-refractivity contribution in [2.75, 3.05) is 0 Å². The van der Waals surface area contributed by atoms with Gasteiger partial charge in [0.15, 0.2) is 0 Å². The lowest BCUT2D eigenvalue weighted by Gasteiger charge is -2.07. The van der Waals surface area contributed by atoms with Crippen LogP contribution in [0, 0.1) is 13.8 Å². The summed E-state index contributed by atoms with van der Waals surface area (Å²) in [6, 6.07) is 9.63. The fourth-order valence-corrected chi connectivity index (χ4v) is 6.06. The summed E-state index contributed by atoms with van der Waals surface area (Å²) in [7, 11) is 0. The SMILES string of the molecule is Cc1ccc2nc(CSc3nc(C)nc4scc(-c5cccs5)c34)cc(=O)n2c1. The number of fused-ring (bicyclic) bond motifs is 2. The molecule has 144 valence electrons. The van der Waals surface area contributed by atoms with Gasteiger partial charge in [0.1, 0.15) is 21.3 Å². The van der Waals surface area contributed by atoms with E-state index in [1.54, 1.807) is 44.9 Å². The van der Waals surface area contributed by atoms with Gasteiger partial charge in [0, 0.05) is 33.8 Å². The molecule has 29 heavy (non-hydrogen) atoms. The summed E-state index contributed by atoms with van der Waals surface area (Å²) < 4.78 is 1.59. The normalized spacial score (nSPS) is 11.5. The first-order valence-electron chi connectivity index (χ1n) is 9.00. The summed E-state index contributed by atoms with van der Waals surface area (Å²) in [6.45, 7) is 3.88. The molecule has 8 heteroatoms. The van der Waals surface area contributed by atoms with Gasteiger partial charge in [0.25, 0.3) is 5.56 Å². The van der Waals surface area contributed by atoms with Crippen molar-refractivity contribution >= 4 is 50.3 Å². The molecule has 0 saturated carbocycles. The first kappa shape index (κ1) is 18.5. The molecular weight excluding hydrogens is 420 g/mol.